The van der Waals surface area contributed by atoms with Crippen molar-refractivity contribution in [3.63, 3.8) is 0 Å². The maximum Gasteiger partial charge on any atom is 0.418 e. The summed E-state index contributed by atoms with van der Waals surface area (Å²) in [7, 11) is 0. The van der Waals surface area contributed by atoms with Gasteiger partial charge in [0.25, 0.3) is 0 Å². The minimum atomic E-state index is -4.45. The Labute approximate surface area is 122 Å². The lowest BCUT2D eigenvalue weighted by Gasteiger charge is -2.43. The summed E-state index contributed by atoms with van der Waals surface area (Å²) in [5.74, 6) is 0. The summed E-state index contributed by atoms with van der Waals surface area (Å²) in [5, 5.41) is 9.05. The maximum absolute atomic E-state index is 13.3. The van der Waals surface area contributed by atoms with Crippen LogP contribution >= 0.6 is 0 Å². The molecule has 1 saturated heterocycles. The number of ether oxygens (including phenoxy) is 1. The van der Waals surface area contributed by atoms with Gasteiger partial charge in [-0.15, -0.1) is 0 Å². The van der Waals surface area contributed by atoms with Gasteiger partial charge >= 0.3 is 6.18 Å². The summed E-state index contributed by atoms with van der Waals surface area (Å²) in [4.78, 5) is 1.71. The van der Waals surface area contributed by atoms with Crippen LogP contribution in [0.3, 0.4) is 0 Å². The number of aliphatic hydroxyl groups is 1. The summed E-state index contributed by atoms with van der Waals surface area (Å²) in [5.41, 5.74) is -0.815. The summed E-state index contributed by atoms with van der Waals surface area (Å²) in [6.07, 6.45) is -4.60. The Hall–Kier alpha value is -1.27. The summed E-state index contributed by atoms with van der Waals surface area (Å²) in [6.45, 7) is 5.97. The number of benzene rings is 1. The molecule has 3 nitrogen and oxygen atoms in total. The van der Waals surface area contributed by atoms with Gasteiger partial charge < -0.3 is 14.7 Å². The third kappa shape index (κ3) is 3.68. The van der Waals surface area contributed by atoms with E-state index < -0.39 is 23.9 Å². The molecule has 0 spiro atoms. The van der Waals surface area contributed by atoms with Crippen LogP contribution in [0.15, 0.2) is 18.2 Å². The molecule has 0 bridgehead atoms. The zero-order valence-electron chi connectivity index (χ0n) is 12.4. The molecule has 21 heavy (non-hydrogen) atoms. The van der Waals surface area contributed by atoms with Crippen LogP contribution in [0.1, 0.15) is 31.9 Å². The van der Waals surface area contributed by atoms with Gasteiger partial charge in [0, 0.05) is 18.8 Å². The first-order chi connectivity index (χ1) is 9.62. The number of morpholine rings is 1. The van der Waals surface area contributed by atoms with Gasteiger partial charge in [-0.2, -0.15) is 13.2 Å². The average Bonchev–Trinajstić information content (AvgIpc) is 2.34. The number of aliphatic hydroxyl groups excluding tert-OH is 1. The smallest absolute Gasteiger partial charge is 0.392 e. The normalized spacial score (nSPS) is 22.4. The van der Waals surface area contributed by atoms with E-state index in [1.807, 2.05) is 20.8 Å². The molecule has 1 N–H and O–H groups in total. The minimum absolute atomic E-state index is 0.142. The van der Waals surface area contributed by atoms with Crippen LogP contribution in [0, 0.1) is 0 Å². The van der Waals surface area contributed by atoms with E-state index >= 15 is 0 Å². The van der Waals surface area contributed by atoms with E-state index in [1.165, 1.54) is 12.1 Å². The van der Waals surface area contributed by atoms with Crippen molar-refractivity contribution in [2.45, 2.75) is 45.3 Å². The third-order valence-electron chi connectivity index (χ3n) is 3.46. The fourth-order valence-electron chi connectivity index (χ4n) is 2.82. The second kappa shape index (κ2) is 5.50. The highest BCUT2D eigenvalue weighted by atomic mass is 19.4. The molecule has 1 unspecified atom stereocenters. The first-order valence-corrected chi connectivity index (χ1v) is 6.86. The number of nitrogens with zero attached hydrogens (tertiary/aromatic N) is 1. The van der Waals surface area contributed by atoms with Crippen LogP contribution in [-0.4, -0.2) is 29.9 Å². The summed E-state index contributed by atoms with van der Waals surface area (Å²) < 4.78 is 45.5. The predicted octanol–water partition coefficient (Wildman–Crippen LogP) is 3.20. The van der Waals surface area contributed by atoms with Crippen molar-refractivity contribution >= 4 is 5.69 Å². The van der Waals surface area contributed by atoms with Gasteiger partial charge in [0.15, 0.2) is 0 Å². The zero-order valence-corrected chi connectivity index (χ0v) is 12.4. The quantitative estimate of drug-likeness (QED) is 0.910. The highest BCUT2D eigenvalue weighted by molar-refractivity contribution is 5.57. The lowest BCUT2D eigenvalue weighted by molar-refractivity contribution is -0.137. The highest BCUT2D eigenvalue weighted by Crippen LogP contribution is 2.39. The Balaban J connectivity index is 2.43. The monoisotopic (exact) mass is 303 g/mol. The molecule has 1 heterocycles. The molecule has 1 aliphatic heterocycles. The number of halogens is 3. The molecular weight excluding hydrogens is 283 g/mol. The fraction of sp³-hybridized carbons (Fsp3) is 0.600. The molecule has 1 aromatic rings. The van der Waals surface area contributed by atoms with Gasteiger partial charge in [-0.1, -0.05) is 6.07 Å². The van der Waals surface area contributed by atoms with Crippen molar-refractivity contribution in [3.8, 4) is 0 Å². The van der Waals surface area contributed by atoms with Gasteiger partial charge in [0.05, 0.1) is 23.9 Å². The van der Waals surface area contributed by atoms with Gasteiger partial charge in [0.2, 0.25) is 0 Å². The first kappa shape index (κ1) is 16.1. The molecule has 0 saturated carbocycles. The molecular formula is C15H20F3NO2. The van der Waals surface area contributed by atoms with Crippen molar-refractivity contribution in [1.29, 1.82) is 0 Å². The molecule has 0 aliphatic carbocycles. The molecule has 1 fully saturated rings. The number of hydrogen-bond acceptors (Lipinski definition) is 3. The molecule has 0 aromatic heterocycles. The van der Waals surface area contributed by atoms with Crippen molar-refractivity contribution in [2.24, 2.45) is 0 Å². The number of rotatable bonds is 2. The Bertz CT molecular complexity index is 514. The Morgan fingerprint density at radius 1 is 1.38 bits per heavy atom. The molecule has 1 aromatic carbocycles. The largest absolute Gasteiger partial charge is 0.418 e. The van der Waals surface area contributed by atoms with Crippen LogP contribution in [0.2, 0.25) is 0 Å². The summed E-state index contributed by atoms with van der Waals surface area (Å²) >= 11 is 0. The molecule has 0 amide bonds. The Morgan fingerprint density at radius 3 is 2.57 bits per heavy atom. The van der Waals surface area contributed by atoms with Crippen LogP contribution in [0.4, 0.5) is 18.9 Å². The number of hydrogen-bond donors (Lipinski definition) is 1. The molecule has 1 aliphatic rings. The van der Waals surface area contributed by atoms with Crippen molar-refractivity contribution in [3.05, 3.63) is 29.3 Å². The van der Waals surface area contributed by atoms with Crippen LogP contribution in [0.25, 0.3) is 0 Å². The second-order valence-electron chi connectivity index (χ2n) is 6.08. The van der Waals surface area contributed by atoms with Gasteiger partial charge in [-0.05, 0) is 38.5 Å². The van der Waals surface area contributed by atoms with Crippen molar-refractivity contribution in [2.75, 3.05) is 18.0 Å². The van der Waals surface area contributed by atoms with E-state index in [2.05, 4.69) is 0 Å². The van der Waals surface area contributed by atoms with Crippen molar-refractivity contribution < 1.29 is 23.0 Å². The number of anilines is 1. The molecule has 2 rings (SSSR count). The second-order valence-corrected chi connectivity index (χ2v) is 6.08. The highest BCUT2D eigenvalue weighted by Gasteiger charge is 2.38. The first-order valence-electron chi connectivity index (χ1n) is 6.86. The average molecular weight is 303 g/mol. The van der Waals surface area contributed by atoms with Crippen LogP contribution in [0.5, 0.6) is 0 Å². The maximum atomic E-state index is 13.3. The third-order valence-corrected chi connectivity index (χ3v) is 3.46. The van der Waals surface area contributed by atoms with Gasteiger partial charge in [-0.25, -0.2) is 0 Å². The molecule has 0 radical (unpaired) electrons. The van der Waals surface area contributed by atoms with Crippen LogP contribution < -0.4 is 4.90 Å². The van der Waals surface area contributed by atoms with E-state index in [1.54, 1.807) is 4.90 Å². The van der Waals surface area contributed by atoms with E-state index in [9.17, 15) is 13.2 Å². The topological polar surface area (TPSA) is 32.7 Å². The molecule has 118 valence electrons. The summed E-state index contributed by atoms with van der Waals surface area (Å²) in [6, 6.07) is 3.97. The van der Waals surface area contributed by atoms with E-state index in [-0.39, 0.29) is 17.4 Å². The predicted molar refractivity (Wildman–Crippen MR) is 74.2 cm³/mol. The Kier molecular flexibility index (Phi) is 4.22. The van der Waals surface area contributed by atoms with Crippen LogP contribution in [-0.2, 0) is 17.5 Å². The van der Waals surface area contributed by atoms with Crippen molar-refractivity contribution in [1.82, 2.24) is 0 Å². The standard InChI is InChI=1S/C15H20F3NO2/c1-10-7-19(9-14(2,3)21-10)13-5-4-11(8-20)6-12(13)15(16,17)18/h4-6,10,20H,7-9H2,1-3H3. The SMILES string of the molecule is CC1CN(c2ccc(CO)cc2C(F)(F)F)CC(C)(C)O1. The lowest BCUT2D eigenvalue weighted by atomic mass is 10.0. The van der Waals surface area contributed by atoms with E-state index in [0.29, 0.717) is 13.1 Å². The Morgan fingerprint density at radius 2 is 2.05 bits per heavy atom. The molecule has 6 heteroatoms. The minimum Gasteiger partial charge on any atom is -0.392 e. The van der Waals surface area contributed by atoms with E-state index in [0.717, 1.165) is 6.07 Å². The zero-order chi connectivity index (χ0) is 15.8. The van der Waals surface area contributed by atoms with Gasteiger partial charge in [0.1, 0.15) is 0 Å². The lowest BCUT2D eigenvalue weighted by Crippen LogP contribution is -2.52. The number of alkyl halides is 3. The van der Waals surface area contributed by atoms with Gasteiger partial charge in [-0.3, -0.25) is 0 Å². The van der Waals surface area contributed by atoms with E-state index in [4.69, 9.17) is 9.84 Å². The molecule has 1 atom stereocenters. The fourth-order valence-corrected chi connectivity index (χ4v) is 2.82.